The van der Waals surface area contributed by atoms with Crippen molar-refractivity contribution in [3.05, 3.63) is 36.0 Å². The maximum Gasteiger partial charge on any atom is 0.101 e. The van der Waals surface area contributed by atoms with Crippen LogP contribution in [0.2, 0.25) is 0 Å². The largest absolute Gasteiger partial charge is 0.370 e. The van der Waals surface area contributed by atoms with Crippen molar-refractivity contribution in [3.8, 4) is 6.07 Å². The number of rotatable bonds is 4. The van der Waals surface area contributed by atoms with Gasteiger partial charge in [0.15, 0.2) is 0 Å². The highest BCUT2D eigenvalue weighted by Gasteiger charge is 2.38. The van der Waals surface area contributed by atoms with Gasteiger partial charge >= 0.3 is 0 Å². The average Bonchev–Trinajstić information content (AvgIpc) is 3.23. The number of piperidine rings is 2. The molecule has 31 heavy (non-hydrogen) atoms. The van der Waals surface area contributed by atoms with Crippen LogP contribution in [0.5, 0.6) is 0 Å². The van der Waals surface area contributed by atoms with Gasteiger partial charge < -0.3 is 15.1 Å². The predicted octanol–water partition coefficient (Wildman–Crippen LogP) is 4.03. The van der Waals surface area contributed by atoms with E-state index >= 15 is 0 Å². The van der Waals surface area contributed by atoms with E-state index in [2.05, 4.69) is 45.2 Å². The molecule has 164 valence electrons. The molecular formula is C26H35N5. The molecule has 3 aliphatic rings. The number of likely N-dealkylation sites (tertiary alicyclic amines) is 1. The van der Waals surface area contributed by atoms with E-state index in [0.29, 0.717) is 11.0 Å². The summed E-state index contributed by atoms with van der Waals surface area (Å²) in [6, 6.07) is 10.5. The number of hydrogen-bond acceptors (Lipinski definition) is 5. The average molecular weight is 418 g/mol. The van der Waals surface area contributed by atoms with Crippen LogP contribution in [0.4, 0.5) is 5.69 Å². The second-order valence-electron chi connectivity index (χ2n) is 10.0. The number of hydrogen-bond donors (Lipinski definition) is 1. The number of nitrogens with zero attached hydrogens (tertiary/aromatic N) is 4. The molecule has 1 aromatic heterocycles. The third kappa shape index (κ3) is 4.04. The number of benzene rings is 1. The van der Waals surface area contributed by atoms with Gasteiger partial charge in [-0.15, -0.1) is 0 Å². The van der Waals surface area contributed by atoms with E-state index in [1.54, 1.807) is 6.20 Å². The maximum atomic E-state index is 9.48. The molecule has 0 saturated carbocycles. The van der Waals surface area contributed by atoms with Gasteiger partial charge in [0.25, 0.3) is 0 Å². The SMILES string of the molecule is CC[C@@H]1CN(c2ccc(C#N)c3ncccc23)CC1CN1CCC2(CCNCC2)CC1. The lowest BCUT2D eigenvalue weighted by molar-refractivity contribution is 0.0629. The van der Waals surface area contributed by atoms with Crippen molar-refractivity contribution in [2.75, 3.05) is 50.7 Å². The van der Waals surface area contributed by atoms with Crippen molar-refractivity contribution >= 4 is 16.6 Å². The van der Waals surface area contributed by atoms with Crippen LogP contribution in [0, 0.1) is 28.6 Å². The standard InChI is InChI=1S/C26H35N5/c1-2-20-18-31(24-6-5-21(16-27)25-23(24)4-3-11-29-25)19-22(20)17-30-14-9-26(10-15-30)7-12-28-13-8-26/h3-6,11,20,22,28H,2,7-10,12-15,17-19H2,1H3/t20-,22?/m1/s1. The summed E-state index contributed by atoms with van der Waals surface area (Å²) in [5, 5.41) is 14.1. The molecule has 2 aromatic rings. The number of nitriles is 1. The Balaban J connectivity index is 1.29. The highest BCUT2D eigenvalue weighted by atomic mass is 15.2. The topological polar surface area (TPSA) is 55.2 Å². The number of aromatic nitrogens is 1. The second-order valence-corrected chi connectivity index (χ2v) is 10.0. The third-order valence-corrected chi connectivity index (χ3v) is 8.38. The Hall–Kier alpha value is -2.16. The molecule has 0 amide bonds. The van der Waals surface area contributed by atoms with Crippen LogP contribution >= 0.6 is 0 Å². The normalized spacial score (nSPS) is 26.4. The zero-order valence-electron chi connectivity index (χ0n) is 18.8. The van der Waals surface area contributed by atoms with E-state index in [-0.39, 0.29) is 0 Å². The van der Waals surface area contributed by atoms with Crippen LogP contribution in [-0.4, -0.2) is 55.7 Å². The van der Waals surface area contributed by atoms with Crippen molar-refractivity contribution < 1.29 is 0 Å². The molecule has 0 aliphatic carbocycles. The molecule has 5 nitrogen and oxygen atoms in total. The fourth-order valence-electron chi connectivity index (χ4n) is 6.33. The Morgan fingerprint density at radius 2 is 1.87 bits per heavy atom. The van der Waals surface area contributed by atoms with Gasteiger partial charge in [0.1, 0.15) is 6.07 Å². The van der Waals surface area contributed by atoms with Crippen molar-refractivity contribution in [2.24, 2.45) is 17.3 Å². The highest BCUT2D eigenvalue weighted by molar-refractivity contribution is 5.95. The minimum absolute atomic E-state index is 0.627. The van der Waals surface area contributed by atoms with Gasteiger partial charge in [0.05, 0.1) is 11.1 Å². The fraction of sp³-hybridized carbons (Fsp3) is 0.615. The smallest absolute Gasteiger partial charge is 0.101 e. The Morgan fingerprint density at radius 1 is 1.10 bits per heavy atom. The first-order chi connectivity index (χ1) is 15.2. The van der Waals surface area contributed by atoms with Crippen molar-refractivity contribution in [1.82, 2.24) is 15.2 Å². The highest BCUT2D eigenvalue weighted by Crippen LogP contribution is 2.41. The quantitative estimate of drug-likeness (QED) is 0.814. The molecule has 3 fully saturated rings. The molecule has 5 rings (SSSR count). The number of nitrogens with one attached hydrogen (secondary N) is 1. The van der Waals surface area contributed by atoms with Crippen molar-refractivity contribution in [1.29, 1.82) is 5.26 Å². The van der Waals surface area contributed by atoms with Gasteiger partial charge in [-0.1, -0.05) is 13.3 Å². The summed E-state index contributed by atoms with van der Waals surface area (Å²) < 4.78 is 0. The summed E-state index contributed by atoms with van der Waals surface area (Å²) in [7, 11) is 0. The molecule has 5 heteroatoms. The molecule has 2 atom stereocenters. The lowest BCUT2D eigenvalue weighted by atomic mass is 9.71. The zero-order chi connectivity index (χ0) is 21.3. The summed E-state index contributed by atoms with van der Waals surface area (Å²) in [5.74, 6) is 1.45. The van der Waals surface area contributed by atoms with E-state index in [0.717, 1.165) is 35.8 Å². The van der Waals surface area contributed by atoms with E-state index in [1.165, 1.54) is 70.5 Å². The van der Waals surface area contributed by atoms with E-state index in [9.17, 15) is 5.26 Å². The minimum atomic E-state index is 0.627. The van der Waals surface area contributed by atoms with Gasteiger partial charge in [-0.2, -0.15) is 5.26 Å². The monoisotopic (exact) mass is 417 g/mol. The molecule has 0 radical (unpaired) electrons. The Kier molecular flexibility index (Phi) is 5.86. The van der Waals surface area contributed by atoms with Crippen LogP contribution in [0.25, 0.3) is 10.9 Å². The van der Waals surface area contributed by atoms with Gasteiger partial charge in [-0.25, -0.2) is 0 Å². The third-order valence-electron chi connectivity index (χ3n) is 8.38. The van der Waals surface area contributed by atoms with Crippen LogP contribution < -0.4 is 10.2 Å². The first-order valence-electron chi connectivity index (χ1n) is 12.2. The Labute approximate surface area is 186 Å². The van der Waals surface area contributed by atoms with Gasteiger partial charge in [0.2, 0.25) is 0 Å². The van der Waals surface area contributed by atoms with Crippen LogP contribution in [0.1, 0.15) is 44.6 Å². The summed E-state index contributed by atoms with van der Waals surface area (Å²) in [4.78, 5) is 9.83. The maximum absolute atomic E-state index is 9.48. The molecular weight excluding hydrogens is 382 g/mol. The van der Waals surface area contributed by atoms with Gasteiger partial charge in [0, 0.05) is 36.9 Å². The van der Waals surface area contributed by atoms with E-state index in [4.69, 9.17) is 0 Å². The summed E-state index contributed by atoms with van der Waals surface area (Å²) in [5.41, 5.74) is 3.38. The molecule has 1 aromatic carbocycles. The number of anilines is 1. The lowest BCUT2D eigenvalue weighted by Crippen LogP contribution is -2.47. The minimum Gasteiger partial charge on any atom is -0.370 e. The fourth-order valence-corrected chi connectivity index (χ4v) is 6.33. The first kappa shape index (κ1) is 20.7. The Bertz CT molecular complexity index is 948. The first-order valence-corrected chi connectivity index (χ1v) is 12.2. The molecule has 4 heterocycles. The molecule has 3 saturated heterocycles. The molecule has 1 spiro atoms. The van der Waals surface area contributed by atoms with Crippen LogP contribution in [0.3, 0.4) is 0 Å². The molecule has 1 N–H and O–H groups in total. The van der Waals surface area contributed by atoms with E-state index < -0.39 is 0 Å². The summed E-state index contributed by atoms with van der Waals surface area (Å²) in [6.45, 7) is 10.8. The number of pyridine rings is 1. The zero-order valence-corrected chi connectivity index (χ0v) is 18.8. The summed E-state index contributed by atoms with van der Waals surface area (Å²) in [6.07, 6.45) is 8.53. The lowest BCUT2D eigenvalue weighted by Gasteiger charge is -2.45. The predicted molar refractivity (Wildman–Crippen MR) is 126 cm³/mol. The summed E-state index contributed by atoms with van der Waals surface area (Å²) >= 11 is 0. The molecule has 0 bridgehead atoms. The van der Waals surface area contributed by atoms with Gasteiger partial charge in [-0.05, 0) is 93.4 Å². The molecule has 1 unspecified atom stereocenters. The van der Waals surface area contributed by atoms with Crippen LogP contribution in [0.15, 0.2) is 30.5 Å². The van der Waals surface area contributed by atoms with Crippen molar-refractivity contribution in [2.45, 2.75) is 39.0 Å². The number of fused-ring (bicyclic) bond motifs is 1. The van der Waals surface area contributed by atoms with Crippen molar-refractivity contribution in [3.63, 3.8) is 0 Å². The second kappa shape index (κ2) is 8.76. The molecule has 3 aliphatic heterocycles. The Morgan fingerprint density at radius 3 is 2.61 bits per heavy atom. The van der Waals surface area contributed by atoms with Crippen LogP contribution in [-0.2, 0) is 0 Å². The van der Waals surface area contributed by atoms with Gasteiger partial charge in [-0.3, -0.25) is 4.98 Å². The van der Waals surface area contributed by atoms with E-state index in [1.807, 2.05) is 12.1 Å².